The molecule has 15 heavy (non-hydrogen) atoms. The van der Waals surface area contributed by atoms with E-state index >= 15 is 0 Å². The summed E-state index contributed by atoms with van der Waals surface area (Å²) in [7, 11) is 1.94. The van der Waals surface area contributed by atoms with Crippen molar-refractivity contribution in [3.8, 4) is 11.1 Å². The van der Waals surface area contributed by atoms with Gasteiger partial charge in [0.2, 0.25) is 0 Å². The van der Waals surface area contributed by atoms with Crippen LogP contribution < -0.4 is 5.32 Å². The van der Waals surface area contributed by atoms with Crippen molar-refractivity contribution in [1.82, 2.24) is 0 Å². The maximum atomic E-state index is 3.16. The van der Waals surface area contributed by atoms with E-state index in [4.69, 9.17) is 0 Å². The van der Waals surface area contributed by atoms with Crippen LogP contribution in [0, 0.1) is 6.92 Å². The van der Waals surface area contributed by atoms with Gasteiger partial charge in [-0.2, -0.15) is 0 Å². The van der Waals surface area contributed by atoms with E-state index < -0.39 is 0 Å². The van der Waals surface area contributed by atoms with Gasteiger partial charge in [-0.1, -0.05) is 36.4 Å². The number of hydrogen-bond donors (Lipinski definition) is 1. The van der Waals surface area contributed by atoms with Gasteiger partial charge < -0.3 is 5.32 Å². The van der Waals surface area contributed by atoms with E-state index in [9.17, 15) is 0 Å². The predicted octanol–water partition coefficient (Wildman–Crippen LogP) is 3.70. The highest BCUT2D eigenvalue weighted by Gasteiger charge is 2.00. The summed E-state index contributed by atoms with van der Waals surface area (Å²) in [5, 5.41) is 3.16. The van der Waals surface area contributed by atoms with Crippen molar-refractivity contribution in [3.63, 3.8) is 0 Å². The van der Waals surface area contributed by atoms with Crippen molar-refractivity contribution in [2.24, 2.45) is 0 Å². The molecule has 0 spiro atoms. The molecular formula is C14H15N. The fraction of sp³-hybridized carbons (Fsp3) is 0.143. The highest BCUT2D eigenvalue weighted by atomic mass is 14.8. The van der Waals surface area contributed by atoms with E-state index in [-0.39, 0.29) is 0 Å². The fourth-order valence-corrected chi connectivity index (χ4v) is 1.74. The summed E-state index contributed by atoms with van der Waals surface area (Å²) >= 11 is 0. The van der Waals surface area contributed by atoms with Crippen molar-refractivity contribution < 1.29 is 0 Å². The Morgan fingerprint density at radius 1 is 0.933 bits per heavy atom. The Balaban J connectivity index is 2.49. The minimum atomic E-state index is 1.15. The molecule has 1 heteroatoms. The second kappa shape index (κ2) is 4.18. The van der Waals surface area contributed by atoms with Crippen LogP contribution in [-0.2, 0) is 0 Å². The van der Waals surface area contributed by atoms with Crippen molar-refractivity contribution in [2.45, 2.75) is 6.92 Å². The van der Waals surface area contributed by atoms with Crippen LogP contribution in [0.5, 0.6) is 0 Å². The Morgan fingerprint density at radius 3 is 2.47 bits per heavy atom. The zero-order valence-corrected chi connectivity index (χ0v) is 9.12. The van der Waals surface area contributed by atoms with Crippen molar-refractivity contribution in [1.29, 1.82) is 0 Å². The summed E-state index contributed by atoms with van der Waals surface area (Å²) in [6.45, 7) is 2.14. The first-order valence-corrected chi connectivity index (χ1v) is 5.15. The number of nitrogens with one attached hydrogen (secondary N) is 1. The van der Waals surface area contributed by atoms with E-state index in [1.165, 1.54) is 16.7 Å². The van der Waals surface area contributed by atoms with Crippen LogP contribution in [0.2, 0.25) is 0 Å². The number of rotatable bonds is 2. The molecule has 76 valence electrons. The molecule has 0 saturated heterocycles. The van der Waals surface area contributed by atoms with Gasteiger partial charge in [0.1, 0.15) is 0 Å². The first-order chi connectivity index (χ1) is 7.31. The maximum Gasteiger partial charge on any atom is 0.0343 e. The van der Waals surface area contributed by atoms with Gasteiger partial charge in [0.15, 0.2) is 0 Å². The minimum Gasteiger partial charge on any atom is -0.388 e. The van der Waals surface area contributed by atoms with Crippen LogP contribution >= 0.6 is 0 Å². The summed E-state index contributed by atoms with van der Waals surface area (Å²) in [4.78, 5) is 0. The number of anilines is 1. The van der Waals surface area contributed by atoms with E-state index in [1.807, 2.05) is 7.05 Å². The number of benzene rings is 2. The quantitative estimate of drug-likeness (QED) is 0.774. The molecule has 0 unspecified atom stereocenters. The monoisotopic (exact) mass is 197 g/mol. The average Bonchev–Trinajstić information content (AvgIpc) is 2.30. The normalized spacial score (nSPS) is 10.0. The van der Waals surface area contributed by atoms with Gasteiger partial charge in [0, 0.05) is 12.7 Å². The zero-order chi connectivity index (χ0) is 10.7. The van der Waals surface area contributed by atoms with Gasteiger partial charge in [-0.3, -0.25) is 0 Å². The van der Waals surface area contributed by atoms with Crippen molar-refractivity contribution >= 4 is 5.69 Å². The molecule has 2 aromatic rings. The highest BCUT2D eigenvalue weighted by Crippen LogP contribution is 2.25. The Hall–Kier alpha value is -1.76. The van der Waals surface area contributed by atoms with Crippen molar-refractivity contribution in [2.75, 3.05) is 12.4 Å². The van der Waals surface area contributed by atoms with Gasteiger partial charge in [-0.05, 0) is 35.7 Å². The smallest absolute Gasteiger partial charge is 0.0343 e. The van der Waals surface area contributed by atoms with E-state index in [1.54, 1.807) is 0 Å². The van der Waals surface area contributed by atoms with Gasteiger partial charge in [0.25, 0.3) is 0 Å². The average molecular weight is 197 g/mol. The summed E-state index contributed by atoms with van der Waals surface area (Å²) in [6.07, 6.45) is 0. The molecule has 2 aromatic carbocycles. The lowest BCUT2D eigenvalue weighted by molar-refractivity contribution is 1.45. The molecular weight excluding hydrogens is 182 g/mol. The van der Waals surface area contributed by atoms with Crippen LogP contribution in [0.15, 0.2) is 48.5 Å². The third kappa shape index (κ3) is 2.01. The summed E-state index contributed by atoms with van der Waals surface area (Å²) < 4.78 is 0. The second-order valence-electron chi connectivity index (χ2n) is 3.65. The zero-order valence-electron chi connectivity index (χ0n) is 9.12. The van der Waals surface area contributed by atoms with Crippen LogP contribution in [-0.4, -0.2) is 7.05 Å². The number of aryl methyl sites for hydroxylation is 1. The molecule has 0 aliphatic heterocycles. The lowest BCUT2D eigenvalue weighted by Crippen LogP contribution is -1.88. The standard InChI is InChI=1S/C14H15N/c1-11-6-3-4-9-14(11)12-7-5-8-13(10-12)15-2/h3-10,15H,1-2H3. The molecule has 0 aromatic heterocycles. The minimum absolute atomic E-state index is 1.15. The van der Waals surface area contributed by atoms with E-state index in [2.05, 4.69) is 60.8 Å². The van der Waals surface area contributed by atoms with E-state index in [0.29, 0.717) is 0 Å². The fourth-order valence-electron chi connectivity index (χ4n) is 1.74. The summed E-state index contributed by atoms with van der Waals surface area (Å²) in [6, 6.07) is 16.9. The molecule has 0 atom stereocenters. The predicted molar refractivity (Wildman–Crippen MR) is 66.2 cm³/mol. The molecule has 0 heterocycles. The Kier molecular flexibility index (Phi) is 2.72. The third-order valence-corrected chi connectivity index (χ3v) is 2.61. The van der Waals surface area contributed by atoms with Crippen LogP contribution in [0.4, 0.5) is 5.69 Å². The lowest BCUT2D eigenvalue weighted by atomic mass is 10.0. The molecule has 0 aliphatic carbocycles. The van der Waals surface area contributed by atoms with Crippen LogP contribution in [0.3, 0.4) is 0 Å². The number of hydrogen-bond acceptors (Lipinski definition) is 1. The highest BCUT2D eigenvalue weighted by molar-refractivity contribution is 5.70. The van der Waals surface area contributed by atoms with Crippen LogP contribution in [0.25, 0.3) is 11.1 Å². The lowest BCUT2D eigenvalue weighted by Gasteiger charge is -2.07. The first-order valence-electron chi connectivity index (χ1n) is 5.15. The molecule has 0 radical (unpaired) electrons. The first kappa shape index (κ1) is 9.78. The largest absolute Gasteiger partial charge is 0.388 e. The van der Waals surface area contributed by atoms with E-state index in [0.717, 1.165) is 5.69 Å². The van der Waals surface area contributed by atoms with Gasteiger partial charge in [0.05, 0.1) is 0 Å². The Labute approximate surface area is 90.8 Å². The van der Waals surface area contributed by atoms with Crippen molar-refractivity contribution in [3.05, 3.63) is 54.1 Å². The molecule has 0 aliphatic rings. The van der Waals surface area contributed by atoms with Crippen LogP contribution in [0.1, 0.15) is 5.56 Å². The topological polar surface area (TPSA) is 12.0 Å². The molecule has 2 rings (SSSR count). The maximum absolute atomic E-state index is 3.16. The summed E-state index contributed by atoms with van der Waals surface area (Å²) in [5.74, 6) is 0. The SMILES string of the molecule is CNc1cccc(-c2ccccc2C)c1. The van der Waals surface area contributed by atoms with Gasteiger partial charge in [-0.15, -0.1) is 0 Å². The molecule has 0 bridgehead atoms. The molecule has 1 N–H and O–H groups in total. The Morgan fingerprint density at radius 2 is 1.73 bits per heavy atom. The van der Waals surface area contributed by atoms with Gasteiger partial charge >= 0.3 is 0 Å². The molecule has 1 nitrogen and oxygen atoms in total. The summed E-state index contributed by atoms with van der Waals surface area (Å²) in [5.41, 5.74) is 5.02. The molecule has 0 fully saturated rings. The third-order valence-electron chi connectivity index (χ3n) is 2.61. The molecule has 0 amide bonds. The van der Waals surface area contributed by atoms with Gasteiger partial charge in [-0.25, -0.2) is 0 Å². The molecule has 0 saturated carbocycles. The Bertz CT molecular complexity index is 460. The second-order valence-corrected chi connectivity index (χ2v) is 3.65.